The number of anilines is 1. The van der Waals surface area contributed by atoms with Gasteiger partial charge in [-0.05, 0) is 26.7 Å². The fourth-order valence-corrected chi connectivity index (χ4v) is 3.02. The summed E-state index contributed by atoms with van der Waals surface area (Å²) in [6.07, 6.45) is 2.87. The van der Waals surface area contributed by atoms with Gasteiger partial charge < -0.3 is 10.2 Å². The number of nitrogens with zero attached hydrogens (tertiary/aromatic N) is 3. The maximum atomic E-state index is 12.1. The average molecular weight is 268 g/mol. The van der Waals surface area contributed by atoms with E-state index in [9.17, 15) is 4.79 Å². The van der Waals surface area contributed by atoms with E-state index in [1.165, 1.54) is 0 Å². The molecule has 2 rings (SSSR count). The van der Waals surface area contributed by atoms with Crippen molar-refractivity contribution >= 4 is 22.4 Å². The molecule has 0 unspecified atom stereocenters. The van der Waals surface area contributed by atoms with Crippen LogP contribution in [0.15, 0.2) is 0 Å². The van der Waals surface area contributed by atoms with E-state index in [4.69, 9.17) is 0 Å². The number of carbonyl (C=O) groups is 1. The Hall–Kier alpha value is -1.17. The first-order valence-electron chi connectivity index (χ1n) is 6.51. The Morgan fingerprint density at radius 2 is 2.28 bits per heavy atom. The van der Waals surface area contributed by atoms with Gasteiger partial charge in [-0.25, -0.2) is 0 Å². The third-order valence-electron chi connectivity index (χ3n) is 3.09. The smallest absolute Gasteiger partial charge is 0.245 e. The first-order valence-corrected chi connectivity index (χ1v) is 7.33. The maximum absolute atomic E-state index is 12.1. The van der Waals surface area contributed by atoms with Gasteiger partial charge in [0.15, 0.2) is 0 Å². The highest BCUT2D eigenvalue weighted by Crippen LogP contribution is 2.22. The normalized spacial score (nSPS) is 19.9. The highest BCUT2D eigenvalue weighted by molar-refractivity contribution is 7.15. The van der Waals surface area contributed by atoms with Gasteiger partial charge in [0.2, 0.25) is 11.0 Å². The van der Waals surface area contributed by atoms with Gasteiger partial charge in [0.25, 0.3) is 0 Å². The van der Waals surface area contributed by atoms with Gasteiger partial charge in [0, 0.05) is 19.0 Å². The minimum Gasteiger partial charge on any atom is -0.348 e. The number of likely N-dealkylation sites (tertiary alicyclic amines) is 1. The van der Waals surface area contributed by atoms with Crippen molar-refractivity contribution in [3.8, 4) is 0 Å². The van der Waals surface area contributed by atoms with Crippen LogP contribution < -0.4 is 5.32 Å². The van der Waals surface area contributed by atoms with Crippen molar-refractivity contribution in [2.75, 3.05) is 11.9 Å². The van der Waals surface area contributed by atoms with Crippen LogP contribution in [0.25, 0.3) is 0 Å². The molecular formula is C12H20N4OS. The second-order valence-electron chi connectivity index (χ2n) is 4.86. The van der Waals surface area contributed by atoms with E-state index < -0.39 is 0 Å². The third kappa shape index (κ3) is 2.80. The van der Waals surface area contributed by atoms with Crippen LogP contribution in [0.3, 0.4) is 0 Å². The predicted molar refractivity (Wildman–Crippen MR) is 72.8 cm³/mol. The highest BCUT2D eigenvalue weighted by atomic mass is 32.1. The van der Waals surface area contributed by atoms with Crippen molar-refractivity contribution in [3.63, 3.8) is 0 Å². The summed E-state index contributed by atoms with van der Waals surface area (Å²) in [5.74, 6) is 0.178. The summed E-state index contributed by atoms with van der Waals surface area (Å²) in [6.45, 7) is 7.04. The van der Waals surface area contributed by atoms with Crippen molar-refractivity contribution in [1.82, 2.24) is 15.1 Å². The maximum Gasteiger partial charge on any atom is 0.245 e. The monoisotopic (exact) mass is 268 g/mol. The van der Waals surface area contributed by atoms with Crippen LogP contribution in [0, 0.1) is 0 Å². The number of rotatable bonds is 5. The molecule has 1 fully saturated rings. The van der Waals surface area contributed by atoms with Gasteiger partial charge in [-0.3, -0.25) is 4.79 Å². The fourth-order valence-electron chi connectivity index (χ4n) is 2.12. The lowest BCUT2D eigenvalue weighted by molar-refractivity contribution is -0.129. The van der Waals surface area contributed by atoms with Gasteiger partial charge in [0.1, 0.15) is 11.0 Å². The van der Waals surface area contributed by atoms with Gasteiger partial charge in [-0.15, -0.1) is 10.2 Å². The van der Waals surface area contributed by atoms with E-state index in [2.05, 4.69) is 22.4 Å². The quantitative estimate of drug-likeness (QED) is 0.886. The second kappa shape index (κ2) is 5.65. The molecule has 100 valence electrons. The summed E-state index contributed by atoms with van der Waals surface area (Å²) < 4.78 is 0. The van der Waals surface area contributed by atoms with E-state index in [1.807, 2.05) is 18.7 Å². The minimum absolute atomic E-state index is 0.130. The van der Waals surface area contributed by atoms with Crippen molar-refractivity contribution in [2.45, 2.75) is 52.1 Å². The topological polar surface area (TPSA) is 58.1 Å². The summed E-state index contributed by atoms with van der Waals surface area (Å²) in [5.41, 5.74) is 0. The Balaban J connectivity index is 1.95. The van der Waals surface area contributed by atoms with Crippen LogP contribution in [0.4, 0.5) is 5.13 Å². The molecule has 1 aliphatic heterocycles. The molecule has 1 aromatic rings. The molecule has 5 nitrogen and oxygen atoms in total. The van der Waals surface area contributed by atoms with Crippen molar-refractivity contribution < 1.29 is 4.79 Å². The Morgan fingerprint density at radius 1 is 1.50 bits per heavy atom. The van der Waals surface area contributed by atoms with Crippen LogP contribution in [-0.2, 0) is 11.2 Å². The average Bonchev–Trinajstić information content (AvgIpc) is 2.89. The minimum atomic E-state index is -0.130. The number of nitrogens with one attached hydrogen (secondary N) is 1. The van der Waals surface area contributed by atoms with Crippen LogP contribution in [-0.4, -0.2) is 39.6 Å². The van der Waals surface area contributed by atoms with Gasteiger partial charge in [-0.2, -0.15) is 0 Å². The molecular weight excluding hydrogens is 248 g/mol. The zero-order valence-electron chi connectivity index (χ0n) is 11.1. The molecule has 1 saturated heterocycles. The molecule has 0 saturated carbocycles. The van der Waals surface area contributed by atoms with E-state index in [0.717, 1.165) is 35.9 Å². The Labute approximate surface area is 112 Å². The van der Waals surface area contributed by atoms with Gasteiger partial charge in [-0.1, -0.05) is 18.3 Å². The van der Waals surface area contributed by atoms with Gasteiger partial charge >= 0.3 is 0 Å². The molecule has 0 radical (unpaired) electrons. The SMILES string of the molecule is CCCc1nnc(N[C@H]2CCN(C(C)C)C2=O)s1. The summed E-state index contributed by atoms with van der Waals surface area (Å²) in [7, 11) is 0. The van der Waals surface area contributed by atoms with Crippen LogP contribution in [0.2, 0.25) is 0 Å². The molecule has 0 spiro atoms. The molecule has 1 amide bonds. The third-order valence-corrected chi connectivity index (χ3v) is 4.01. The summed E-state index contributed by atoms with van der Waals surface area (Å²) in [5, 5.41) is 13.2. The number of hydrogen-bond acceptors (Lipinski definition) is 5. The molecule has 0 bridgehead atoms. The molecule has 1 N–H and O–H groups in total. The zero-order chi connectivity index (χ0) is 13.1. The van der Waals surface area contributed by atoms with Crippen LogP contribution >= 0.6 is 11.3 Å². The molecule has 0 aromatic carbocycles. The summed E-state index contributed by atoms with van der Waals surface area (Å²) in [6, 6.07) is 0.143. The van der Waals surface area contributed by atoms with Crippen molar-refractivity contribution in [3.05, 3.63) is 5.01 Å². The van der Waals surface area contributed by atoms with E-state index in [0.29, 0.717) is 0 Å². The lowest BCUT2D eigenvalue weighted by Gasteiger charge is -2.20. The largest absolute Gasteiger partial charge is 0.348 e. The number of aromatic nitrogens is 2. The van der Waals surface area contributed by atoms with Gasteiger partial charge in [0.05, 0.1) is 0 Å². The Kier molecular flexibility index (Phi) is 4.16. The summed E-state index contributed by atoms with van der Waals surface area (Å²) in [4.78, 5) is 14.0. The van der Waals surface area contributed by atoms with Crippen LogP contribution in [0.5, 0.6) is 0 Å². The first-order chi connectivity index (χ1) is 8.61. The molecule has 18 heavy (non-hydrogen) atoms. The molecule has 1 aliphatic rings. The number of aryl methyl sites for hydroxylation is 1. The number of amides is 1. The van der Waals surface area contributed by atoms with E-state index >= 15 is 0 Å². The lowest BCUT2D eigenvalue weighted by atomic mass is 10.2. The zero-order valence-corrected chi connectivity index (χ0v) is 12.0. The lowest BCUT2D eigenvalue weighted by Crippen LogP contribution is -2.37. The Morgan fingerprint density at radius 3 is 2.89 bits per heavy atom. The molecule has 6 heteroatoms. The van der Waals surface area contributed by atoms with Crippen molar-refractivity contribution in [1.29, 1.82) is 0 Å². The molecule has 2 heterocycles. The van der Waals surface area contributed by atoms with E-state index in [-0.39, 0.29) is 18.0 Å². The molecule has 1 atom stereocenters. The summed E-state index contributed by atoms with van der Waals surface area (Å²) >= 11 is 1.55. The fraction of sp³-hybridized carbons (Fsp3) is 0.750. The van der Waals surface area contributed by atoms with E-state index in [1.54, 1.807) is 11.3 Å². The van der Waals surface area contributed by atoms with Crippen molar-refractivity contribution in [2.24, 2.45) is 0 Å². The predicted octanol–water partition coefficient (Wildman–Crippen LogP) is 1.91. The Bertz CT molecular complexity index is 418. The second-order valence-corrected chi connectivity index (χ2v) is 5.92. The first kappa shape index (κ1) is 13.3. The molecule has 1 aromatic heterocycles. The molecule has 0 aliphatic carbocycles. The number of carbonyl (C=O) groups excluding carboxylic acids is 1. The standard InChI is InChI=1S/C12H20N4OS/c1-4-5-10-14-15-12(18-10)13-9-6-7-16(8(2)3)11(9)17/h8-9H,4-7H2,1-3H3,(H,13,15)/t9-/m0/s1. The highest BCUT2D eigenvalue weighted by Gasteiger charge is 2.33. The number of hydrogen-bond donors (Lipinski definition) is 1. The van der Waals surface area contributed by atoms with Crippen LogP contribution in [0.1, 0.15) is 38.6 Å².